The van der Waals surface area contributed by atoms with Crippen LogP contribution in [-0.2, 0) is 9.53 Å². The van der Waals surface area contributed by atoms with E-state index in [0.717, 1.165) is 44.9 Å². The zero-order valence-corrected chi connectivity index (χ0v) is 12.3. The molecule has 2 atom stereocenters. The molecule has 0 spiro atoms. The minimum Gasteiger partial charge on any atom is -0.462 e. The Labute approximate surface area is 111 Å². The molecule has 0 amide bonds. The van der Waals surface area contributed by atoms with Crippen molar-refractivity contribution in [2.45, 2.75) is 84.3 Å². The number of hydrogen-bond donors (Lipinski definition) is 1. The maximum atomic E-state index is 12.0. The van der Waals surface area contributed by atoms with Crippen molar-refractivity contribution in [3.8, 4) is 0 Å². The SMILES string of the molecule is CCC1(O)CCCC(OC(=O)C(C)(C)CC)CC1. The number of carbonyl (C=O) groups is 1. The summed E-state index contributed by atoms with van der Waals surface area (Å²) in [4.78, 5) is 12.0. The van der Waals surface area contributed by atoms with Gasteiger partial charge in [-0.2, -0.15) is 0 Å². The second kappa shape index (κ2) is 6.05. The van der Waals surface area contributed by atoms with Crippen LogP contribution in [-0.4, -0.2) is 22.8 Å². The van der Waals surface area contributed by atoms with Gasteiger partial charge < -0.3 is 9.84 Å². The van der Waals surface area contributed by atoms with Gasteiger partial charge in [-0.3, -0.25) is 4.79 Å². The maximum absolute atomic E-state index is 12.0. The monoisotopic (exact) mass is 256 g/mol. The third kappa shape index (κ3) is 3.98. The van der Waals surface area contributed by atoms with Crippen molar-refractivity contribution in [2.75, 3.05) is 0 Å². The molecule has 0 heterocycles. The molecule has 1 N–H and O–H groups in total. The summed E-state index contributed by atoms with van der Waals surface area (Å²) in [5, 5.41) is 10.3. The molecule has 0 aromatic heterocycles. The Morgan fingerprint density at radius 1 is 1.33 bits per heavy atom. The maximum Gasteiger partial charge on any atom is 0.311 e. The van der Waals surface area contributed by atoms with Gasteiger partial charge in [-0.25, -0.2) is 0 Å². The van der Waals surface area contributed by atoms with E-state index in [1.807, 2.05) is 27.7 Å². The van der Waals surface area contributed by atoms with Gasteiger partial charge in [0.15, 0.2) is 0 Å². The van der Waals surface area contributed by atoms with Crippen molar-refractivity contribution >= 4 is 5.97 Å². The molecular formula is C15H28O3. The van der Waals surface area contributed by atoms with Gasteiger partial charge in [0, 0.05) is 0 Å². The predicted octanol–water partition coefficient (Wildman–Crippen LogP) is 3.44. The molecule has 0 aromatic carbocycles. The third-order valence-corrected chi connectivity index (χ3v) is 4.47. The van der Waals surface area contributed by atoms with Crippen LogP contribution in [0.25, 0.3) is 0 Å². The quantitative estimate of drug-likeness (QED) is 0.619. The number of hydrogen-bond acceptors (Lipinski definition) is 3. The molecule has 1 rings (SSSR count). The zero-order chi connectivity index (χ0) is 13.8. The summed E-state index contributed by atoms with van der Waals surface area (Å²) in [5.41, 5.74) is -0.936. The van der Waals surface area contributed by atoms with Gasteiger partial charge in [0.1, 0.15) is 6.10 Å². The Kier molecular flexibility index (Phi) is 5.20. The first-order valence-corrected chi connectivity index (χ1v) is 7.26. The van der Waals surface area contributed by atoms with Crippen molar-refractivity contribution < 1.29 is 14.6 Å². The first-order valence-electron chi connectivity index (χ1n) is 7.26. The molecular weight excluding hydrogens is 228 g/mol. The highest BCUT2D eigenvalue weighted by Crippen LogP contribution is 2.32. The largest absolute Gasteiger partial charge is 0.462 e. The lowest BCUT2D eigenvalue weighted by molar-refractivity contribution is -0.160. The molecule has 0 bridgehead atoms. The van der Waals surface area contributed by atoms with E-state index in [1.165, 1.54) is 0 Å². The molecule has 2 unspecified atom stereocenters. The van der Waals surface area contributed by atoms with Crippen LogP contribution >= 0.6 is 0 Å². The smallest absolute Gasteiger partial charge is 0.311 e. The van der Waals surface area contributed by atoms with Crippen LogP contribution in [0.4, 0.5) is 0 Å². The second-order valence-electron chi connectivity index (χ2n) is 6.27. The summed E-state index contributed by atoms with van der Waals surface area (Å²) in [7, 11) is 0. The Bertz CT molecular complexity index is 285. The summed E-state index contributed by atoms with van der Waals surface area (Å²) < 4.78 is 5.61. The minimum atomic E-state index is -0.540. The average molecular weight is 256 g/mol. The number of ether oxygens (including phenoxy) is 1. The molecule has 3 heteroatoms. The number of carbonyl (C=O) groups excluding carboxylic acids is 1. The van der Waals surface area contributed by atoms with E-state index < -0.39 is 11.0 Å². The highest BCUT2D eigenvalue weighted by Gasteiger charge is 2.33. The van der Waals surface area contributed by atoms with Gasteiger partial charge in [-0.15, -0.1) is 0 Å². The number of aliphatic hydroxyl groups is 1. The Morgan fingerprint density at radius 2 is 2.00 bits per heavy atom. The van der Waals surface area contributed by atoms with Crippen LogP contribution < -0.4 is 0 Å². The molecule has 1 aliphatic carbocycles. The molecule has 1 aliphatic rings. The molecule has 1 fully saturated rings. The molecule has 0 radical (unpaired) electrons. The van der Waals surface area contributed by atoms with Gasteiger partial charge in [-0.1, -0.05) is 13.8 Å². The highest BCUT2D eigenvalue weighted by atomic mass is 16.5. The fraction of sp³-hybridized carbons (Fsp3) is 0.933. The third-order valence-electron chi connectivity index (χ3n) is 4.47. The van der Waals surface area contributed by atoms with Gasteiger partial charge in [0.2, 0.25) is 0 Å². The lowest BCUT2D eigenvalue weighted by Gasteiger charge is -2.26. The van der Waals surface area contributed by atoms with Crippen molar-refractivity contribution in [3.63, 3.8) is 0 Å². The van der Waals surface area contributed by atoms with Crippen LogP contribution in [0.1, 0.15) is 72.6 Å². The Balaban J connectivity index is 2.52. The summed E-state index contributed by atoms with van der Waals surface area (Å²) >= 11 is 0. The second-order valence-corrected chi connectivity index (χ2v) is 6.27. The topological polar surface area (TPSA) is 46.5 Å². The van der Waals surface area contributed by atoms with Gasteiger partial charge in [-0.05, 0) is 58.8 Å². The van der Waals surface area contributed by atoms with Crippen molar-refractivity contribution in [2.24, 2.45) is 5.41 Å². The highest BCUT2D eigenvalue weighted by molar-refractivity contribution is 5.75. The molecule has 3 nitrogen and oxygen atoms in total. The van der Waals surface area contributed by atoms with Crippen LogP contribution in [0.2, 0.25) is 0 Å². The summed E-state index contributed by atoms with van der Waals surface area (Å²) in [6, 6.07) is 0. The average Bonchev–Trinajstić information content (AvgIpc) is 2.52. The van der Waals surface area contributed by atoms with E-state index >= 15 is 0 Å². The summed E-state index contributed by atoms with van der Waals surface area (Å²) in [6.07, 6.45) is 5.75. The summed E-state index contributed by atoms with van der Waals surface area (Å²) in [6.45, 7) is 7.87. The fourth-order valence-electron chi connectivity index (χ4n) is 2.28. The predicted molar refractivity (Wildman–Crippen MR) is 72.3 cm³/mol. The molecule has 18 heavy (non-hydrogen) atoms. The Morgan fingerprint density at radius 3 is 2.56 bits per heavy atom. The van der Waals surface area contributed by atoms with E-state index in [-0.39, 0.29) is 12.1 Å². The fourth-order valence-corrected chi connectivity index (χ4v) is 2.28. The Hall–Kier alpha value is -0.570. The van der Waals surface area contributed by atoms with Gasteiger partial charge in [0.05, 0.1) is 11.0 Å². The number of esters is 1. The van der Waals surface area contributed by atoms with E-state index in [2.05, 4.69) is 0 Å². The molecule has 0 saturated heterocycles. The lowest BCUT2D eigenvalue weighted by Crippen LogP contribution is -2.30. The lowest BCUT2D eigenvalue weighted by atomic mass is 9.90. The zero-order valence-electron chi connectivity index (χ0n) is 12.3. The molecule has 106 valence electrons. The van der Waals surface area contributed by atoms with Crippen molar-refractivity contribution in [1.29, 1.82) is 0 Å². The van der Waals surface area contributed by atoms with Gasteiger partial charge in [0.25, 0.3) is 0 Å². The van der Waals surface area contributed by atoms with Crippen molar-refractivity contribution in [1.82, 2.24) is 0 Å². The van der Waals surface area contributed by atoms with Gasteiger partial charge >= 0.3 is 5.97 Å². The van der Waals surface area contributed by atoms with E-state index in [4.69, 9.17) is 4.74 Å². The minimum absolute atomic E-state index is 0.0103. The molecule has 1 saturated carbocycles. The van der Waals surface area contributed by atoms with Crippen LogP contribution in [0.15, 0.2) is 0 Å². The van der Waals surface area contributed by atoms with E-state index in [0.29, 0.717) is 0 Å². The van der Waals surface area contributed by atoms with Crippen molar-refractivity contribution in [3.05, 3.63) is 0 Å². The van der Waals surface area contributed by atoms with E-state index in [9.17, 15) is 9.90 Å². The normalized spacial score (nSPS) is 29.7. The van der Waals surface area contributed by atoms with E-state index in [1.54, 1.807) is 0 Å². The molecule has 0 aliphatic heterocycles. The van der Waals surface area contributed by atoms with Crippen LogP contribution in [0.3, 0.4) is 0 Å². The molecule has 0 aromatic rings. The summed E-state index contributed by atoms with van der Waals surface area (Å²) in [5.74, 6) is -0.100. The van der Waals surface area contributed by atoms with Crippen LogP contribution in [0, 0.1) is 5.41 Å². The number of rotatable bonds is 4. The van der Waals surface area contributed by atoms with Crippen LogP contribution in [0.5, 0.6) is 0 Å². The first kappa shape index (κ1) is 15.5. The first-order chi connectivity index (χ1) is 8.33. The standard InChI is InChI=1S/C15H28O3/c1-5-14(3,4)13(16)18-12-8-7-10-15(17,6-2)11-9-12/h12,17H,5-11H2,1-4H3.